The van der Waals surface area contributed by atoms with Crippen molar-refractivity contribution in [1.82, 2.24) is 5.32 Å². The Labute approximate surface area is 101 Å². The number of nitrogens with one attached hydrogen (secondary N) is 1. The minimum atomic E-state index is 0.734. The van der Waals surface area contributed by atoms with Crippen LogP contribution in [-0.4, -0.2) is 26.3 Å². The SMILES string of the molecule is CCCCOCCCC(NC)C1CCCC1. The van der Waals surface area contributed by atoms with E-state index in [1.54, 1.807) is 0 Å². The summed E-state index contributed by atoms with van der Waals surface area (Å²) in [5, 5.41) is 3.49. The third kappa shape index (κ3) is 5.31. The summed E-state index contributed by atoms with van der Waals surface area (Å²) < 4.78 is 5.60. The van der Waals surface area contributed by atoms with Gasteiger partial charge in [-0.2, -0.15) is 0 Å². The molecule has 0 aromatic heterocycles. The van der Waals surface area contributed by atoms with Crippen molar-refractivity contribution in [1.29, 1.82) is 0 Å². The summed E-state index contributed by atoms with van der Waals surface area (Å²) in [6.45, 7) is 4.11. The zero-order chi connectivity index (χ0) is 11.6. The third-order valence-corrected chi connectivity index (χ3v) is 3.79. The van der Waals surface area contributed by atoms with Crippen LogP contribution in [0.4, 0.5) is 0 Å². The molecule has 1 aliphatic rings. The van der Waals surface area contributed by atoms with Crippen molar-refractivity contribution in [2.75, 3.05) is 20.3 Å². The lowest BCUT2D eigenvalue weighted by molar-refractivity contribution is 0.123. The normalized spacial score (nSPS) is 19.1. The molecule has 2 heteroatoms. The molecule has 0 aromatic carbocycles. The van der Waals surface area contributed by atoms with Gasteiger partial charge in [-0.3, -0.25) is 0 Å². The van der Waals surface area contributed by atoms with Gasteiger partial charge in [-0.05, 0) is 45.1 Å². The molecule has 1 N–H and O–H groups in total. The Morgan fingerprint density at radius 3 is 2.50 bits per heavy atom. The molecule has 0 saturated heterocycles. The van der Waals surface area contributed by atoms with E-state index < -0.39 is 0 Å². The third-order valence-electron chi connectivity index (χ3n) is 3.79. The Morgan fingerprint density at radius 2 is 1.88 bits per heavy atom. The highest BCUT2D eigenvalue weighted by Gasteiger charge is 2.22. The second kappa shape index (κ2) is 9.00. The highest BCUT2D eigenvalue weighted by atomic mass is 16.5. The van der Waals surface area contributed by atoms with E-state index in [0.717, 1.165) is 25.2 Å². The molecule has 0 bridgehead atoms. The van der Waals surface area contributed by atoms with E-state index >= 15 is 0 Å². The van der Waals surface area contributed by atoms with Gasteiger partial charge >= 0.3 is 0 Å². The molecule has 0 aromatic rings. The van der Waals surface area contributed by atoms with Gasteiger partial charge in [0, 0.05) is 19.3 Å². The first-order valence-electron chi connectivity index (χ1n) is 7.13. The Hall–Kier alpha value is -0.0800. The summed E-state index contributed by atoms with van der Waals surface area (Å²) in [5.74, 6) is 0.931. The first kappa shape index (κ1) is 14.0. The van der Waals surface area contributed by atoms with Crippen molar-refractivity contribution in [2.45, 2.75) is 64.3 Å². The topological polar surface area (TPSA) is 21.3 Å². The van der Waals surface area contributed by atoms with Gasteiger partial charge in [0.25, 0.3) is 0 Å². The number of rotatable bonds is 9. The van der Waals surface area contributed by atoms with E-state index in [1.165, 1.54) is 51.4 Å². The first-order valence-corrected chi connectivity index (χ1v) is 7.13. The Kier molecular flexibility index (Phi) is 7.87. The van der Waals surface area contributed by atoms with Gasteiger partial charge in [0.15, 0.2) is 0 Å². The van der Waals surface area contributed by atoms with Crippen LogP contribution in [0, 0.1) is 5.92 Å². The minimum absolute atomic E-state index is 0.734. The molecule has 2 nitrogen and oxygen atoms in total. The largest absolute Gasteiger partial charge is 0.381 e. The van der Waals surface area contributed by atoms with Crippen LogP contribution in [0.3, 0.4) is 0 Å². The second-order valence-electron chi connectivity index (χ2n) is 5.05. The summed E-state index contributed by atoms with van der Waals surface area (Å²) in [6.07, 6.45) is 10.7. The lowest BCUT2D eigenvalue weighted by Gasteiger charge is -2.22. The van der Waals surface area contributed by atoms with Gasteiger partial charge in [-0.25, -0.2) is 0 Å². The lowest BCUT2D eigenvalue weighted by Crippen LogP contribution is -2.32. The van der Waals surface area contributed by atoms with E-state index in [-0.39, 0.29) is 0 Å². The van der Waals surface area contributed by atoms with Crippen molar-refractivity contribution in [3.63, 3.8) is 0 Å². The summed E-state index contributed by atoms with van der Waals surface area (Å²) >= 11 is 0. The molecule has 1 atom stereocenters. The van der Waals surface area contributed by atoms with Crippen molar-refractivity contribution in [3.05, 3.63) is 0 Å². The molecular weight excluding hydrogens is 198 g/mol. The molecule has 96 valence electrons. The monoisotopic (exact) mass is 227 g/mol. The van der Waals surface area contributed by atoms with Crippen LogP contribution in [0.5, 0.6) is 0 Å². The highest BCUT2D eigenvalue weighted by Crippen LogP contribution is 2.29. The van der Waals surface area contributed by atoms with Crippen LogP contribution < -0.4 is 5.32 Å². The van der Waals surface area contributed by atoms with Gasteiger partial charge in [0.1, 0.15) is 0 Å². The van der Waals surface area contributed by atoms with Crippen LogP contribution in [0.25, 0.3) is 0 Å². The van der Waals surface area contributed by atoms with Gasteiger partial charge in [0.05, 0.1) is 0 Å². The second-order valence-corrected chi connectivity index (χ2v) is 5.05. The van der Waals surface area contributed by atoms with E-state index in [4.69, 9.17) is 4.74 Å². The maximum Gasteiger partial charge on any atom is 0.0466 e. The fourth-order valence-corrected chi connectivity index (χ4v) is 2.73. The fourth-order valence-electron chi connectivity index (χ4n) is 2.73. The Bertz CT molecular complexity index is 155. The molecule has 1 rings (SSSR count). The number of hydrogen-bond donors (Lipinski definition) is 1. The summed E-state index contributed by atoms with van der Waals surface area (Å²) in [5.41, 5.74) is 0. The first-order chi connectivity index (χ1) is 7.88. The zero-order valence-corrected chi connectivity index (χ0v) is 11.1. The van der Waals surface area contributed by atoms with Crippen LogP contribution in [-0.2, 0) is 4.74 Å². The standard InChI is InChI=1S/C14H29NO/c1-3-4-11-16-12-7-10-14(15-2)13-8-5-6-9-13/h13-15H,3-12H2,1-2H3. The number of ether oxygens (including phenoxy) is 1. The summed E-state index contributed by atoms with van der Waals surface area (Å²) in [4.78, 5) is 0. The van der Waals surface area contributed by atoms with E-state index in [2.05, 4.69) is 19.3 Å². The fraction of sp³-hybridized carbons (Fsp3) is 1.00. The molecule has 16 heavy (non-hydrogen) atoms. The van der Waals surface area contributed by atoms with Crippen molar-refractivity contribution in [3.8, 4) is 0 Å². The molecule has 0 spiro atoms. The van der Waals surface area contributed by atoms with Crippen molar-refractivity contribution < 1.29 is 4.74 Å². The van der Waals surface area contributed by atoms with Crippen molar-refractivity contribution in [2.24, 2.45) is 5.92 Å². The average molecular weight is 227 g/mol. The molecule has 1 aliphatic carbocycles. The number of unbranched alkanes of at least 4 members (excludes halogenated alkanes) is 1. The van der Waals surface area contributed by atoms with Crippen LogP contribution >= 0.6 is 0 Å². The van der Waals surface area contributed by atoms with Gasteiger partial charge < -0.3 is 10.1 Å². The Morgan fingerprint density at radius 1 is 1.19 bits per heavy atom. The summed E-state index contributed by atoms with van der Waals surface area (Å²) in [6, 6.07) is 0.734. The predicted molar refractivity (Wildman–Crippen MR) is 69.8 cm³/mol. The highest BCUT2D eigenvalue weighted by molar-refractivity contribution is 4.79. The average Bonchev–Trinajstić information content (AvgIpc) is 2.82. The van der Waals surface area contributed by atoms with E-state index in [9.17, 15) is 0 Å². The molecular formula is C14H29NO. The maximum atomic E-state index is 5.60. The molecule has 1 saturated carbocycles. The maximum absolute atomic E-state index is 5.60. The Balaban J connectivity index is 2.00. The zero-order valence-electron chi connectivity index (χ0n) is 11.1. The van der Waals surface area contributed by atoms with Crippen molar-refractivity contribution >= 4 is 0 Å². The van der Waals surface area contributed by atoms with E-state index in [0.29, 0.717) is 0 Å². The quantitative estimate of drug-likeness (QED) is 0.610. The van der Waals surface area contributed by atoms with Gasteiger partial charge in [0.2, 0.25) is 0 Å². The van der Waals surface area contributed by atoms with Gasteiger partial charge in [-0.1, -0.05) is 26.2 Å². The number of hydrogen-bond acceptors (Lipinski definition) is 2. The molecule has 0 radical (unpaired) electrons. The lowest BCUT2D eigenvalue weighted by atomic mass is 9.94. The molecule has 0 aliphatic heterocycles. The van der Waals surface area contributed by atoms with Crippen LogP contribution in [0.2, 0.25) is 0 Å². The predicted octanol–water partition coefficient (Wildman–Crippen LogP) is 3.36. The van der Waals surface area contributed by atoms with Crippen LogP contribution in [0.1, 0.15) is 58.3 Å². The summed E-state index contributed by atoms with van der Waals surface area (Å²) in [7, 11) is 2.11. The smallest absolute Gasteiger partial charge is 0.0466 e. The van der Waals surface area contributed by atoms with Gasteiger partial charge in [-0.15, -0.1) is 0 Å². The molecule has 1 fully saturated rings. The molecule has 1 unspecified atom stereocenters. The van der Waals surface area contributed by atoms with Crippen LogP contribution in [0.15, 0.2) is 0 Å². The minimum Gasteiger partial charge on any atom is -0.381 e. The molecule has 0 heterocycles. The molecule has 0 amide bonds. The van der Waals surface area contributed by atoms with E-state index in [1.807, 2.05) is 0 Å².